The summed E-state index contributed by atoms with van der Waals surface area (Å²) >= 11 is 0. The van der Waals surface area contributed by atoms with Crippen molar-refractivity contribution in [3.63, 3.8) is 0 Å². The summed E-state index contributed by atoms with van der Waals surface area (Å²) in [4.78, 5) is 0. The summed E-state index contributed by atoms with van der Waals surface area (Å²) in [6, 6.07) is 0.479. The normalized spacial score (nSPS) is 22.4. The molecule has 0 aromatic heterocycles. The predicted molar refractivity (Wildman–Crippen MR) is 61.9 cm³/mol. The first kappa shape index (κ1) is 12.9. The highest BCUT2D eigenvalue weighted by molar-refractivity contribution is 4.88. The van der Waals surface area contributed by atoms with Crippen molar-refractivity contribution >= 4 is 0 Å². The minimum Gasteiger partial charge on any atom is -0.396 e. The first-order valence-electron chi connectivity index (χ1n) is 5.98. The standard InChI is InChI=1S/C12H25NO2/c1-4-12(2,9-14)8-13-11(7-15-3)10-5-6-10/h10-11,13-14H,4-9H2,1-3H3. The third-order valence-electron chi connectivity index (χ3n) is 3.56. The largest absolute Gasteiger partial charge is 0.396 e. The Morgan fingerprint density at radius 3 is 2.60 bits per heavy atom. The first-order valence-corrected chi connectivity index (χ1v) is 5.98. The molecule has 0 aliphatic heterocycles. The molecule has 0 spiro atoms. The third-order valence-corrected chi connectivity index (χ3v) is 3.56. The van der Waals surface area contributed by atoms with Crippen LogP contribution in [-0.2, 0) is 4.74 Å². The summed E-state index contributed by atoms with van der Waals surface area (Å²) in [5, 5.41) is 12.9. The fraction of sp³-hybridized carbons (Fsp3) is 1.00. The van der Waals surface area contributed by atoms with Crippen LogP contribution in [0.5, 0.6) is 0 Å². The lowest BCUT2D eigenvalue weighted by Gasteiger charge is -2.29. The van der Waals surface area contributed by atoms with E-state index in [0.29, 0.717) is 6.04 Å². The maximum absolute atomic E-state index is 9.31. The molecule has 0 heterocycles. The van der Waals surface area contributed by atoms with Crippen molar-refractivity contribution in [2.24, 2.45) is 11.3 Å². The van der Waals surface area contributed by atoms with Crippen LogP contribution in [0.2, 0.25) is 0 Å². The van der Waals surface area contributed by atoms with Crippen molar-refractivity contribution in [2.75, 3.05) is 26.9 Å². The fourth-order valence-electron chi connectivity index (χ4n) is 1.71. The Morgan fingerprint density at radius 2 is 2.20 bits per heavy atom. The number of hydrogen-bond acceptors (Lipinski definition) is 3. The molecule has 0 aromatic rings. The second-order valence-corrected chi connectivity index (χ2v) is 5.10. The monoisotopic (exact) mass is 215 g/mol. The van der Waals surface area contributed by atoms with Gasteiger partial charge in [-0.15, -0.1) is 0 Å². The molecule has 2 unspecified atom stereocenters. The van der Waals surface area contributed by atoms with Gasteiger partial charge >= 0.3 is 0 Å². The molecule has 1 rings (SSSR count). The maximum atomic E-state index is 9.31. The molecule has 0 aromatic carbocycles. The van der Waals surface area contributed by atoms with Crippen molar-refractivity contribution in [2.45, 2.75) is 39.2 Å². The van der Waals surface area contributed by atoms with Gasteiger partial charge in [-0.05, 0) is 25.2 Å². The first-order chi connectivity index (χ1) is 7.15. The van der Waals surface area contributed by atoms with Crippen LogP contribution >= 0.6 is 0 Å². The van der Waals surface area contributed by atoms with E-state index in [9.17, 15) is 5.11 Å². The van der Waals surface area contributed by atoms with Crippen LogP contribution < -0.4 is 5.32 Å². The predicted octanol–water partition coefficient (Wildman–Crippen LogP) is 1.41. The van der Waals surface area contributed by atoms with Crippen LogP contribution in [0.15, 0.2) is 0 Å². The number of methoxy groups -OCH3 is 1. The highest BCUT2D eigenvalue weighted by atomic mass is 16.5. The lowest BCUT2D eigenvalue weighted by Crippen LogP contribution is -2.43. The number of aliphatic hydroxyl groups is 1. The molecular weight excluding hydrogens is 190 g/mol. The van der Waals surface area contributed by atoms with E-state index in [1.807, 2.05) is 0 Å². The smallest absolute Gasteiger partial charge is 0.0618 e. The average molecular weight is 215 g/mol. The third kappa shape index (κ3) is 4.09. The number of aliphatic hydroxyl groups excluding tert-OH is 1. The van der Waals surface area contributed by atoms with Gasteiger partial charge in [-0.2, -0.15) is 0 Å². The molecule has 1 aliphatic carbocycles. The van der Waals surface area contributed by atoms with E-state index in [-0.39, 0.29) is 12.0 Å². The molecule has 3 heteroatoms. The summed E-state index contributed by atoms with van der Waals surface area (Å²) < 4.78 is 5.21. The molecule has 0 amide bonds. The van der Waals surface area contributed by atoms with Crippen molar-refractivity contribution < 1.29 is 9.84 Å². The van der Waals surface area contributed by atoms with E-state index in [2.05, 4.69) is 19.2 Å². The molecule has 2 atom stereocenters. The quantitative estimate of drug-likeness (QED) is 0.643. The Kier molecular flexibility index (Phi) is 5.03. The van der Waals surface area contributed by atoms with Crippen molar-refractivity contribution in [1.29, 1.82) is 0 Å². The zero-order valence-electron chi connectivity index (χ0n) is 10.3. The van der Waals surface area contributed by atoms with Crippen molar-refractivity contribution in [1.82, 2.24) is 5.32 Å². The van der Waals surface area contributed by atoms with Gasteiger partial charge in [0.2, 0.25) is 0 Å². The molecule has 90 valence electrons. The minimum atomic E-state index is 0.0148. The molecule has 15 heavy (non-hydrogen) atoms. The SMILES string of the molecule is CCC(C)(CO)CNC(COC)C1CC1. The zero-order chi connectivity index (χ0) is 11.3. The fourth-order valence-corrected chi connectivity index (χ4v) is 1.71. The van der Waals surface area contributed by atoms with Crippen LogP contribution in [0.4, 0.5) is 0 Å². The van der Waals surface area contributed by atoms with Gasteiger partial charge in [-0.3, -0.25) is 0 Å². The summed E-state index contributed by atoms with van der Waals surface area (Å²) in [7, 11) is 1.75. The highest BCUT2D eigenvalue weighted by Crippen LogP contribution is 2.33. The van der Waals surface area contributed by atoms with Gasteiger partial charge in [0.05, 0.1) is 6.61 Å². The van der Waals surface area contributed by atoms with Gasteiger partial charge in [0.1, 0.15) is 0 Å². The van der Waals surface area contributed by atoms with Crippen LogP contribution in [0.1, 0.15) is 33.1 Å². The summed E-state index contributed by atoms with van der Waals surface area (Å²) in [6.07, 6.45) is 3.65. The van der Waals surface area contributed by atoms with Gasteiger partial charge < -0.3 is 15.2 Å². The molecule has 0 saturated heterocycles. The van der Waals surface area contributed by atoms with Crippen LogP contribution in [0.25, 0.3) is 0 Å². The van der Waals surface area contributed by atoms with Gasteiger partial charge in [-0.1, -0.05) is 13.8 Å². The lowest BCUT2D eigenvalue weighted by molar-refractivity contribution is 0.112. The zero-order valence-corrected chi connectivity index (χ0v) is 10.3. The number of hydrogen-bond donors (Lipinski definition) is 2. The minimum absolute atomic E-state index is 0.0148. The number of rotatable bonds is 8. The van der Waals surface area contributed by atoms with Gasteiger partial charge in [0.25, 0.3) is 0 Å². The molecule has 2 N–H and O–H groups in total. The van der Waals surface area contributed by atoms with Crippen LogP contribution in [-0.4, -0.2) is 38.0 Å². The van der Waals surface area contributed by atoms with Crippen molar-refractivity contribution in [3.05, 3.63) is 0 Å². The van der Waals surface area contributed by atoms with Crippen molar-refractivity contribution in [3.8, 4) is 0 Å². The van der Waals surface area contributed by atoms with E-state index in [1.165, 1.54) is 12.8 Å². The van der Waals surface area contributed by atoms with Gasteiger partial charge in [0, 0.05) is 31.7 Å². The second-order valence-electron chi connectivity index (χ2n) is 5.10. The molecule has 1 fully saturated rings. The molecule has 3 nitrogen and oxygen atoms in total. The Balaban J connectivity index is 2.31. The van der Waals surface area contributed by atoms with Crippen LogP contribution in [0.3, 0.4) is 0 Å². The summed E-state index contributed by atoms with van der Waals surface area (Å²) in [5.41, 5.74) is 0.0148. The Morgan fingerprint density at radius 1 is 1.53 bits per heavy atom. The second kappa shape index (κ2) is 5.83. The number of ether oxygens (including phenoxy) is 1. The Bertz CT molecular complexity index is 176. The molecule has 0 radical (unpaired) electrons. The van der Waals surface area contributed by atoms with E-state index >= 15 is 0 Å². The van der Waals surface area contributed by atoms with E-state index < -0.39 is 0 Å². The average Bonchev–Trinajstić information content (AvgIpc) is 3.07. The van der Waals surface area contributed by atoms with E-state index in [1.54, 1.807) is 7.11 Å². The topological polar surface area (TPSA) is 41.5 Å². The summed E-state index contributed by atoms with van der Waals surface area (Å²) in [6.45, 7) is 6.17. The maximum Gasteiger partial charge on any atom is 0.0618 e. The molecule has 1 aliphatic rings. The van der Waals surface area contributed by atoms with Crippen LogP contribution in [0, 0.1) is 11.3 Å². The lowest BCUT2D eigenvalue weighted by atomic mass is 9.88. The number of nitrogens with one attached hydrogen (secondary N) is 1. The van der Waals surface area contributed by atoms with Gasteiger partial charge in [-0.25, -0.2) is 0 Å². The molecular formula is C12H25NO2. The molecule has 1 saturated carbocycles. The van der Waals surface area contributed by atoms with E-state index in [4.69, 9.17) is 4.74 Å². The Hall–Kier alpha value is -0.120. The highest BCUT2D eigenvalue weighted by Gasteiger charge is 2.32. The molecule has 0 bridgehead atoms. The van der Waals surface area contributed by atoms with E-state index in [0.717, 1.165) is 25.5 Å². The summed E-state index contributed by atoms with van der Waals surface area (Å²) in [5.74, 6) is 0.796. The van der Waals surface area contributed by atoms with Gasteiger partial charge in [0.15, 0.2) is 0 Å². The Labute approximate surface area is 93.2 Å².